The Bertz CT molecular complexity index is 638. The van der Waals surface area contributed by atoms with Crippen molar-refractivity contribution in [1.29, 1.82) is 5.26 Å². The first-order valence-corrected chi connectivity index (χ1v) is 5.88. The Morgan fingerprint density at radius 3 is 2.56 bits per heavy atom. The number of H-pyrrole nitrogens is 1. The normalized spacial score (nSPS) is 10.2. The highest BCUT2D eigenvalue weighted by molar-refractivity contribution is 6.32. The third-order valence-corrected chi connectivity index (χ3v) is 3.22. The molecule has 1 aromatic heterocycles. The molecule has 0 spiro atoms. The van der Waals surface area contributed by atoms with Crippen molar-refractivity contribution in [2.24, 2.45) is 0 Å². The number of aromatic amines is 1. The van der Waals surface area contributed by atoms with Gasteiger partial charge >= 0.3 is 0 Å². The molecule has 0 atom stereocenters. The molecule has 18 heavy (non-hydrogen) atoms. The van der Waals surface area contributed by atoms with Gasteiger partial charge in [-0.05, 0) is 37.6 Å². The van der Waals surface area contributed by atoms with E-state index in [4.69, 9.17) is 21.6 Å². The van der Waals surface area contributed by atoms with Gasteiger partial charge in [-0.25, -0.2) is 0 Å². The highest BCUT2D eigenvalue weighted by Gasteiger charge is 2.11. The number of hydrogen-bond acceptors (Lipinski definition) is 2. The van der Waals surface area contributed by atoms with Gasteiger partial charge in [0.05, 0.1) is 17.7 Å². The largest absolute Gasteiger partial charge is 0.495 e. The summed E-state index contributed by atoms with van der Waals surface area (Å²) in [6.07, 6.45) is 0. The molecule has 0 saturated carbocycles. The summed E-state index contributed by atoms with van der Waals surface area (Å²) in [6, 6.07) is 7.73. The van der Waals surface area contributed by atoms with Crippen LogP contribution >= 0.6 is 11.6 Å². The Morgan fingerprint density at radius 2 is 2.00 bits per heavy atom. The van der Waals surface area contributed by atoms with E-state index < -0.39 is 0 Å². The van der Waals surface area contributed by atoms with Crippen LogP contribution in [0.3, 0.4) is 0 Å². The molecule has 0 fully saturated rings. The van der Waals surface area contributed by atoms with Crippen molar-refractivity contribution in [2.75, 3.05) is 7.11 Å². The molecule has 0 unspecified atom stereocenters. The Balaban J connectivity index is 2.57. The molecule has 2 aromatic rings. The van der Waals surface area contributed by atoms with Crippen molar-refractivity contribution in [3.8, 4) is 23.1 Å². The van der Waals surface area contributed by atoms with E-state index in [0.29, 0.717) is 16.3 Å². The van der Waals surface area contributed by atoms with Crippen LogP contribution in [0.25, 0.3) is 11.3 Å². The summed E-state index contributed by atoms with van der Waals surface area (Å²) in [7, 11) is 1.59. The second-order valence-corrected chi connectivity index (χ2v) is 4.54. The number of nitrogens with zero attached hydrogens (tertiary/aromatic N) is 1. The molecule has 3 nitrogen and oxygen atoms in total. The highest BCUT2D eigenvalue weighted by atomic mass is 35.5. The first-order valence-electron chi connectivity index (χ1n) is 5.51. The van der Waals surface area contributed by atoms with Crippen LogP contribution in [-0.4, -0.2) is 12.1 Å². The smallest absolute Gasteiger partial charge is 0.137 e. The number of benzene rings is 1. The topological polar surface area (TPSA) is 48.8 Å². The van der Waals surface area contributed by atoms with Crippen LogP contribution in [0.5, 0.6) is 5.75 Å². The molecule has 1 N–H and O–H groups in total. The fourth-order valence-corrected chi connectivity index (χ4v) is 2.16. The number of methoxy groups -OCH3 is 1. The van der Waals surface area contributed by atoms with Gasteiger partial charge in [0.1, 0.15) is 11.8 Å². The lowest BCUT2D eigenvalue weighted by atomic mass is 10.1. The summed E-state index contributed by atoms with van der Waals surface area (Å²) >= 11 is 6.13. The van der Waals surface area contributed by atoms with E-state index in [1.165, 1.54) is 0 Å². The summed E-state index contributed by atoms with van der Waals surface area (Å²) in [4.78, 5) is 3.20. The first-order chi connectivity index (χ1) is 8.56. The Hall–Kier alpha value is -1.92. The molecular weight excluding hydrogens is 248 g/mol. The van der Waals surface area contributed by atoms with Crippen molar-refractivity contribution >= 4 is 11.6 Å². The Labute approximate surface area is 111 Å². The van der Waals surface area contributed by atoms with Crippen molar-refractivity contribution in [3.63, 3.8) is 0 Å². The van der Waals surface area contributed by atoms with Crippen LogP contribution in [0.2, 0.25) is 5.02 Å². The maximum atomic E-state index is 8.97. The van der Waals surface area contributed by atoms with E-state index in [9.17, 15) is 0 Å². The van der Waals surface area contributed by atoms with Crippen molar-refractivity contribution < 1.29 is 4.74 Å². The van der Waals surface area contributed by atoms with E-state index in [0.717, 1.165) is 22.5 Å². The Kier molecular flexibility index (Phi) is 3.31. The molecule has 0 aliphatic heterocycles. The van der Waals surface area contributed by atoms with Gasteiger partial charge in [-0.15, -0.1) is 0 Å². The molecule has 0 aliphatic carbocycles. The average Bonchev–Trinajstić information content (AvgIpc) is 2.72. The second kappa shape index (κ2) is 4.75. The van der Waals surface area contributed by atoms with Gasteiger partial charge in [-0.3, -0.25) is 0 Å². The third kappa shape index (κ3) is 2.07. The molecule has 0 aliphatic rings. The predicted octanol–water partition coefficient (Wildman–Crippen LogP) is 3.83. The maximum absolute atomic E-state index is 8.97. The zero-order valence-corrected chi connectivity index (χ0v) is 11.2. The minimum absolute atomic E-state index is 0.559. The van der Waals surface area contributed by atoms with Gasteiger partial charge in [0.2, 0.25) is 0 Å². The minimum atomic E-state index is 0.559. The molecule has 4 heteroatoms. The van der Waals surface area contributed by atoms with Gasteiger partial charge in [0.25, 0.3) is 0 Å². The van der Waals surface area contributed by atoms with E-state index in [-0.39, 0.29) is 0 Å². The number of aryl methyl sites for hydroxylation is 2. The van der Waals surface area contributed by atoms with Gasteiger partial charge in [-0.1, -0.05) is 11.6 Å². The number of nitriles is 1. The van der Waals surface area contributed by atoms with Crippen LogP contribution in [0, 0.1) is 25.2 Å². The van der Waals surface area contributed by atoms with E-state index >= 15 is 0 Å². The molecule has 1 aromatic carbocycles. The van der Waals surface area contributed by atoms with E-state index in [1.54, 1.807) is 7.11 Å². The second-order valence-electron chi connectivity index (χ2n) is 4.14. The lowest BCUT2D eigenvalue weighted by Gasteiger charge is -2.09. The van der Waals surface area contributed by atoms with Crippen LogP contribution in [0.4, 0.5) is 0 Å². The lowest BCUT2D eigenvalue weighted by Crippen LogP contribution is -1.89. The zero-order valence-electron chi connectivity index (χ0n) is 10.5. The summed E-state index contributed by atoms with van der Waals surface area (Å²) in [5.74, 6) is 0.654. The number of ether oxygens (including phenoxy) is 1. The molecule has 0 amide bonds. The fourth-order valence-electron chi connectivity index (χ4n) is 1.92. The molecule has 0 radical (unpaired) electrons. The molecule has 0 saturated heterocycles. The third-order valence-electron chi connectivity index (χ3n) is 2.92. The quantitative estimate of drug-likeness (QED) is 0.892. The summed E-state index contributed by atoms with van der Waals surface area (Å²) in [6.45, 7) is 3.86. The molecule has 2 rings (SSSR count). The lowest BCUT2D eigenvalue weighted by molar-refractivity contribution is 0.415. The van der Waals surface area contributed by atoms with Crippen molar-refractivity contribution in [1.82, 2.24) is 4.98 Å². The number of hydrogen-bond donors (Lipinski definition) is 1. The summed E-state index contributed by atoms with van der Waals surface area (Å²) < 4.78 is 5.17. The average molecular weight is 261 g/mol. The van der Waals surface area contributed by atoms with Crippen LogP contribution in [0.1, 0.15) is 16.8 Å². The number of aromatic nitrogens is 1. The van der Waals surface area contributed by atoms with E-state index in [2.05, 4.69) is 11.1 Å². The summed E-state index contributed by atoms with van der Waals surface area (Å²) in [5.41, 5.74) is 4.42. The summed E-state index contributed by atoms with van der Waals surface area (Å²) in [5, 5.41) is 9.53. The SMILES string of the molecule is COc1cc(C)c(-c2cc(C#N)c(C)[nH]2)cc1Cl. The van der Waals surface area contributed by atoms with Crippen molar-refractivity contribution in [3.05, 3.63) is 40.0 Å². The van der Waals surface area contributed by atoms with Crippen LogP contribution < -0.4 is 4.74 Å². The standard InChI is InChI=1S/C14H13ClN2O/c1-8-4-14(18-3)12(15)6-11(8)13-5-10(7-16)9(2)17-13/h4-6,17H,1-3H3. The van der Waals surface area contributed by atoms with Crippen LogP contribution in [0.15, 0.2) is 18.2 Å². The number of rotatable bonds is 2. The van der Waals surface area contributed by atoms with Gasteiger partial charge in [-0.2, -0.15) is 5.26 Å². The van der Waals surface area contributed by atoms with Gasteiger partial charge in [0.15, 0.2) is 0 Å². The van der Waals surface area contributed by atoms with Crippen molar-refractivity contribution in [2.45, 2.75) is 13.8 Å². The molecular formula is C14H13ClN2O. The zero-order chi connectivity index (χ0) is 13.3. The number of halogens is 1. The van der Waals surface area contributed by atoms with Gasteiger partial charge < -0.3 is 9.72 Å². The van der Waals surface area contributed by atoms with Crippen LogP contribution in [-0.2, 0) is 0 Å². The Morgan fingerprint density at radius 1 is 1.28 bits per heavy atom. The highest BCUT2D eigenvalue weighted by Crippen LogP contribution is 2.33. The first kappa shape index (κ1) is 12.5. The number of nitrogens with one attached hydrogen (secondary N) is 1. The predicted molar refractivity (Wildman–Crippen MR) is 72.0 cm³/mol. The minimum Gasteiger partial charge on any atom is -0.495 e. The molecule has 1 heterocycles. The van der Waals surface area contributed by atoms with Gasteiger partial charge in [0, 0.05) is 17.0 Å². The molecule has 92 valence electrons. The molecule has 0 bridgehead atoms. The van der Waals surface area contributed by atoms with E-state index in [1.807, 2.05) is 32.0 Å². The fraction of sp³-hybridized carbons (Fsp3) is 0.214. The maximum Gasteiger partial charge on any atom is 0.137 e. The monoisotopic (exact) mass is 260 g/mol.